The fourth-order valence-corrected chi connectivity index (χ4v) is 5.58. The number of imide groups is 1. The SMILES string of the molecule is O=C(CN(C(=O)c1ccc(Cl)cc1Cl)N1C(=O)c2c(Cl)c(Cl)c(Cl)c(Cl)c2C1=O)c1ccc(OC(=O)c2ccco2)cc1. The summed E-state index contributed by atoms with van der Waals surface area (Å²) in [6.07, 6.45) is 1.31. The van der Waals surface area contributed by atoms with E-state index in [0.717, 1.165) is 0 Å². The Balaban J connectivity index is 1.49. The van der Waals surface area contributed by atoms with Crippen LogP contribution in [0.3, 0.4) is 0 Å². The minimum Gasteiger partial charge on any atom is -0.457 e. The van der Waals surface area contributed by atoms with E-state index >= 15 is 0 Å². The third kappa shape index (κ3) is 5.72. The summed E-state index contributed by atoms with van der Waals surface area (Å²) in [5.41, 5.74) is -0.942. The first-order valence-corrected chi connectivity index (χ1v) is 14.1. The number of rotatable bonds is 7. The van der Waals surface area contributed by atoms with Crippen molar-refractivity contribution < 1.29 is 33.1 Å². The van der Waals surface area contributed by atoms with Crippen molar-refractivity contribution in [2.24, 2.45) is 0 Å². The molecule has 5 rings (SSSR count). The average Bonchev–Trinajstić information content (AvgIpc) is 3.60. The van der Waals surface area contributed by atoms with Crippen molar-refractivity contribution >= 4 is 99.1 Å². The number of hydrogen-bond donors (Lipinski definition) is 0. The summed E-state index contributed by atoms with van der Waals surface area (Å²) in [4.78, 5) is 66.5. The van der Waals surface area contributed by atoms with Crippen LogP contribution in [0.25, 0.3) is 0 Å². The Kier molecular flexibility index (Phi) is 8.76. The van der Waals surface area contributed by atoms with Crippen molar-refractivity contribution in [3.63, 3.8) is 0 Å². The zero-order valence-electron chi connectivity index (χ0n) is 21.0. The largest absolute Gasteiger partial charge is 0.457 e. The van der Waals surface area contributed by atoms with E-state index < -0.39 is 47.1 Å². The first kappa shape index (κ1) is 30.9. The maximum absolute atomic E-state index is 13.8. The molecule has 1 aliphatic rings. The van der Waals surface area contributed by atoms with E-state index in [9.17, 15) is 24.0 Å². The molecular weight excluding hydrogens is 689 g/mol. The number of fused-ring (bicyclic) bond motifs is 1. The number of hydrogen-bond acceptors (Lipinski definition) is 7. The smallest absolute Gasteiger partial charge is 0.379 e. The number of hydrazine groups is 1. The van der Waals surface area contributed by atoms with Crippen LogP contribution >= 0.6 is 69.6 Å². The van der Waals surface area contributed by atoms with E-state index in [1.165, 1.54) is 60.9 Å². The number of ketones is 1. The van der Waals surface area contributed by atoms with Gasteiger partial charge in [0.15, 0.2) is 5.78 Å². The summed E-state index contributed by atoms with van der Waals surface area (Å²) in [7, 11) is 0. The van der Waals surface area contributed by atoms with Crippen LogP contribution < -0.4 is 4.74 Å². The van der Waals surface area contributed by atoms with E-state index in [0.29, 0.717) is 10.0 Å². The number of carbonyl (C=O) groups is 5. The molecule has 218 valence electrons. The number of halogens is 6. The van der Waals surface area contributed by atoms with Gasteiger partial charge in [-0.15, -0.1) is 0 Å². The van der Waals surface area contributed by atoms with Crippen molar-refractivity contribution in [1.29, 1.82) is 0 Å². The summed E-state index contributed by atoms with van der Waals surface area (Å²) >= 11 is 36.9. The molecule has 15 heteroatoms. The monoisotopic (exact) mass is 698 g/mol. The molecule has 3 amide bonds. The van der Waals surface area contributed by atoms with Crippen LogP contribution in [-0.4, -0.2) is 46.0 Å². The number of ether oxygens (including phenoxy) is 1. The molecule has 0 bridgehead atoms. The quantitative estimate of drug-likeness (QED) is 0.0480. The topological polar surface area (TPSA) is 114 Å². The lowest BCUT2D eigenvalue weighted by molar-refractivity contribution is 0.00532. The molecule has 0 fully saturated rings. The molecule has 0 spiro atoms. The van der Waals surface area contributed by atoms with Crippen LogP contribution in [0.2, 0.25) is 30.1 Å². The highest BCUT2D eigenvalue weighted by Gasteiger charge is 2.46. The highest BCUT2D eigenvalue weighted by molar-refractivity contribution is 6.55. The van der Waals surface area contributed by atoms with E-state index in [4.69, 9.17) is 78.8 Å². The first-order chi connectivity index (χ1) is 20.4. The third-order valence-corrected chi connectivity index (χ3v) is 8.47. The first-order valence-electron chi connectivity index (χ1n) is 11.8. The Morgan fingerprint density at radius 1 is 0.791 bits per heavy atom. The third-order valence-electron chi connectivity index (χ3n) is 6.12. The predicted octanol–water partition coefficient (Wildman–Crippen LogP) is 7.96. The molecule has 0 atom stereocenters. The second kappa shape index (κ2) is 12.2. The van der Waals surface area contributed by atoms with E-state index in [-0.39, 0.29) is 52.8 Å². The van der Waals surface area contributed by atoms with Gasteiger partial charge in [0, 0.05) is 10.6 Å². The highest BCUT2D eigenvalue weighted by Crippen LogP contribution is 2.45. The maximum atomic E-state index is 13.8. The van der Waals surface area contributed by atoms with E-state index in [2.05, 4.69) is 0 Å². The van der Waals surface area contributed by atoms with Gasteiger partial charge in [0.25, 0.3) is 17.7 Å². The number of nitrogens with zero attached hydrogens (tertiary/aromatic N) is 2. The summed E-state index contributed by atoms with van der Waals surface area (Å²) in [5.74, 6) is -4.58. The van der Waals surface area contributed by atoms with Crippen molar-refractivity contribution in [2.45, 2.75) is 0 Å². The van der Waals surface area contributed by atoms with Crippen molar-refractivity contribution in [3.05, 3.63) is 119 Å². The zero-order chi connectivity index (χ0) is 31.2. The molecule has 0 saturated carbocycles. The van der Waals surface area contributed by atoms with Gasteiger partial charge >= 0.3 is 5.97 Å². The number of furan rings is 1. The van der Waals surface area contributed by atoms with Crippen molar-refractivity contribution in [3.8, 4) is 5.75 Å². The minimum atomic E-state index is -1.09. The van der Waals surface area contributed by atoms with Crippen molar-refractivity contribution in [1.82, 2.24) is 10.0 Å². The number of Topliss-reactive ketones (excluding diaryl/α,β-unsaturated/α-hetero) is 1. The van der Waals surface area contributed by atoms with Gasteiger partial charge in [-0.25, -0.2) is 9.80 Å². The Morgan fingerprint density at radius 2 is 1.40 bits per heavy atom. The lowest BCUT2D eigenvalue weighted by Gasteiger charge is -2.29. The second-order valence-electron chi connectivity index (χ2n) is 8.73. The van der Waals surface area contributed by atoms with Gasteiger partial charge < -0.3 is 9.15 Å². The molecule has 0 unspecified atom stereocenters. The van der Waals surface area contributed by atoms with Crippen molar-refractivity contribution in [2.75, 3.05) is 6.54 Å². The molecular formula is C28H12Cl6N2O7. The second-order valence-corrected chi connectivity index (χ2v) is 11.1. The molecule has 0 saturated heterocycles. The zero-order valence-corrected chi connectivity index (χ0v) is 25.5. The summed E-state index contributed by atoms with van der Waals surface area (Å²) in [6, 6.07) is 12.1. The minimum absolute atomic E-state index is 0.0288. The molecule has 2 heterocycles. The molecule has 0 radical (unpaired) electrons. The van der Waals surface area contributed by atoms with Crippen LogP contribution in [0, 0.1) is 0 Å². The maximum Gasteiger partial charge on any atom is 0.379 e. The lowest BCUT2D eigenvalue weighted by atomic mass is 10.1. The van der Waals surface area contributed by atoms with Gasteiger partial charge in [0.1, 0.15) is 12.3 Å². The van der Waals surface area contributed by atoms with Crippen LogP contribution in [0.4, 0.5) is 0 Å². The van der Waals surface area contributed by atoms with Gasteiger partial charge in [-0.2, -0.15) is 5.01 Å². The van der Waals surface area contributed by atoms with Crippen LogP contribution in [0.15, 0.2) is 65.3 Å². The average molecular weight is 701 g/mol. The molecule has 3 aromatic carbocycles. The number of esters is 1. The normalized spacial score (nSPS) is 12.4. The fourth-order valence-electron chi connectivity index (χ4n) is 4.08. The lowest BCUT2D eigenvalue weighted by Crippen LogP contribution is -2.51. The Hall–Kier alpha value is -3.57. The molecule has 9 nitrogen and oxygen atoms in total. The van der Waals surface area contributed by atoms with Crippen LogP contribution in [-0.2, 0) is 0 Å². The van der Waals surface area contributed by atoms with E-state index in [1.54, 1.807) is 0 Å². The molecule has 1 aliphatic heterocycles. The van der Waals surface area contributed by atoms with Crippen LogP contribution in [0.1, 0.15) is 52.0 Å². The van der Waals surface area contributed by atoms with Gasteiger partial charge in [-0.05, 0) is 54.6 Å². The number of amides is 3. The molecule has 0 aliphatic carbocycles. The van der Waals surface area contributed by atoms with Gasteiger partial charge in [0.05, 0.1) is 48.1 Å². The molecule has 4 aromatic rings. The molecule has 1 aromatic heterocycles. The summed E-state index contributed by atoms with van der Waals surface area (Å²) < 4.78 is 10.2. The number of benzene rings is 3. The standard InChI is InChI=1S/C28H12Cl6N2O7/c29-13-5-8-15(16(30)10-13)25(38)35(36-26(39)19-20(27(36)40)22(32)24(34)23(33)21(19)31)11-17(37)12-3-6-14(7-4-12)43-28(41)18-2-1-9-42-18/h1-10H,11H2. The summed E-state index contributed by atoms with van der Waals surface area (Å²) in [6.45, 7) is -0.828. The van der Waals surface area contributed by atoms with Gasteiger partial charge in [0.2, 0.25) is 5.76 Å². The van der Waals surface area contributed by atoms with Gasteiger partial charge in [-0.3, -0.25) is 19.2 Å². The Morgan fingerprint density at radius 3 is 1.93 bits per heavy atom. The fraction of sp³-hybridized carbons (Fsp3) is 0.0357. The predicted molar refractivity (Wildman–Crippen MR) is 159 cm³/mol. The Bertz CT molecular complexity index is 1790. The summed E-state index contributed by atoms with van der Waals surface area (Å²) in [5, 5.41) is -0.182. The van der Waals surface area contributed by atoms with E-state index in [1.807, 2.05) is 0 Å². The van der Waals surface area contributed by atoms with Crippen LogP contribution in [0.5, 0.6) is 5.75 Å². The molecule has 0 N–H and O–H groups in total. The number of carbonyl (C=O) groups excluding carboxylic acids is 5. The highest BCUT2D eigenvalue weighted by atomic mass is 35.5. The molecule has 43 heavy (non-hydrogen) atoms. The Labute approximate surface area is 272 Å². The van der Waals surface area contributed by atoms with Gasteiger partial charge in [-0.1, -0.05) is 69.6 Å².